The van der Waals surface area contributed by atoms with Crippen LogP contribution in [0.3, 0.4) is 0 Å². The van der Waals surface area contributed by atoms with Crippen molar-refractivity contribution in [1.82, 2.24) is 9.97 Å². The van der Waals surface area contributed by atoms with Gasteiger partial charge in [0, 0.05) is 30.3 Å². The zero-order valence-electron chi connectivity index (χ0n) is 27.9. The Morgan fingerprint density at radius 3 is 2.24 bits per heavy atom. The standard InChI is InChI=1S/C32H55N3O5Si2/c1-20(2)42(21(3)4,22(5)6)40-28-15-26(13-25(28)18-39-41(11,12)32(8,9)10)35-31-27(16-33-19-34-31)30(37)29-14-24(17-38-29)23(7)36/h14,16-17,19-23,25-26,28,36H,13,15,18H2,1-12H3,(H,33,34,35). The minimum Gasteiger partial charge on any atom is -0.460 e. The SMILES string of the molecule is CC(O)c1coc(C(=O)c2cncnc2NC2CC(CO[Si](C)(C)C(C)(C)C)C(O[Si](C(C)C)(C(C)C)C(C)C)C2)c1. The molecule has 0 saturated heterocycles. The summed E-state index contributed by atoms with van der Waals surface area (Å²) in [6.07, 6.45) is 5.41. The molecule has 0 bridgehead atoms. The number of anilines is 1. The van der Waals surface area contributed by atoms with Gasteiger partial charge in [-0.1, -0.05) is 62.3 Å². The first-order chi connectivity index (χ1) is 19.4. The Balaban J connectivity index is 1.89. The van der Waals surface area contributed by atoms with E-state index < -0.39 is 22.7 Å². The average Bonchev–Trinajstić information content (AvgIpc) is 3.52. The number of furan rings is 1. The van der Waals surface area contributed by atoms with E-state index in [0.29, 0.717) is 40.2 Å². The van der Waals surface area contributed by atoms with Gasteiger partial charge in [-0.2, -0.15) is 0 Å². The molecule has 8 nitrogen and oxygen atoms in total. The highest BCUT2D eigenvalue weighted by Crippen LogP contribution is 2.46. The molecule has 0 aromatic carbocycles. The molecule has 4 atom stereocenters. The third-order valence-corrected chi connectivity index (χ3v) is 20.4. The van der Waals surface area contributed by atoms with E-state index in [9.17, 15) is 9.90 Å². The number of nitrogens with zero attached hydrogens (tertiary/aromatic N) is 2. The second kappa shape index (κ2) is 13.4. The van der Waals surface area contributed by atoms with Crippen molar-refractivity contribution < 1.29 is 23.2 Å². The normalized spacial score (nSPS) is 21.0. The molecule has 2 aromatic heterocycles. The predicted octanol–water partition coefficient (Wildman–Crippen LogP) is 8.13. The van der Waals surface area contributed by atoms with Crippen LogP contribution in [0, 0.1) is 5.92 Å². The summed E-state index contributed by atoms with van der Waals surface area (Å²) in [6, 6.07) is 1.64. The number of carbonyl (C=O) groups excluding carboxylic acids is 1. The smallest absolute Gasteiger partial charge is 0.233 e. The molecule has 42 heavy (non-hydrogen) atoms. The molecule has 0 aliphatic heterocycles. The van der Waals surface area contributed by atoms with Crippen LogP contribution in [0.1, 0.15) is 110 Å². The van der Waals surface area contributed by atoms with Gasteiger partial charge < -0.3 is 23.7 Å². The fourth-order valence-electron chi connectivity index (χ4n) is 6.35. The number of aromatic nitrogens is 2. The second-order valence-corrected chi connectivity index (χ2v) is 24.9. The number of carbonyl (C=O) groups is 1. The Hall–Kier alpha value is -1.86. The van der Waals surface area contributed by atoms with Crippen LogP contribution >= 0.6 is 0 Å². The van der Waals surface area contributed by atoms with E-state index in [1.165, 1.54) is 18.8 Å². The van der Waals surface area contributed by atoms with Gasteiger partial charge in [0.2, 0.25) is 14.1 Å². The molecule has 2 aromatic rings. The lowest BCUT2D eigenvalue weighted by molar-refractivity contribution is 0.0971. The summed E-state index contributed by atoms with van der Waals surface area (Å²) in [7, 11) is -4.08. The van der Waals surface area contributed by atoms with E-state index in [2.05, 4.69) is 90.7 Å². The van der Waals surface area contributed by atoms with Gasteiger partial charge in [0.1, 0.15) is 12.1 Å². The van der Waals surface area contributed by atoms with Gasteiger partial charge in [-0.15, -0.1) is 0 Å². The molecule has 1 aliphatic rings. The molecule has 0 spiro atoms. The molecular formula is C32H55N3O5Si2. The van der Waals surface area contributed by atoms with Crippen LogP contribution in [0.25, 0.3) is 0 Å². The molecule has 236 valence electrons. The van der Waals surface area contributed by atoms with Gasteiger partial charge in [0.15, 0.2) is 14.1 Å². The third-order valence-electron chi connectivity index (χ3n) is 9.78. The van der Waals surface area contributed by atoms with Crippen molar-refractivity contribution in [2.45, 2.75) is 135 Å². The highest BCUT2D eigenvalue weighted by Gasteiger charge is 2.50. The van der Waals surface area contributed by atoms with Gasteiger partial charge in [-0.05, 0) is 60.6 Å². The highest BCUT2D eigenvalue weighted by molar-refractivity contribution is 6.77. The van der Waals surface area contributed by atoms with Crippen molar-refractivity contribution in [3.05, 3.63) is 41.7 Å². The fraction of sp³-hybridized carbons (Fsp3) is 0.719. The topological polar surface area (TPSA) is 107 Å². The van der Waals surface area contributed by atoms with Crippen LogP contribution in [0.15, 0.2) is 29.3 Å². The lowest BCUT2D eigenvalue weighted by Crippen LogP contribution is -2.51. The second-order valence-electron chi connectivity index (χ2n) is 14.7. The summed E-state index contributed by atoms with van der Waals surface area (Å²) in [5.74, 6) is 0.553. The summed E-state index contributed by atoms with van der Waals surface area (Å²) in [6.45, 7) is 27.7. The third kappa shape index (κ3) is 7.43. The zero-order valence-corrected chi connectivity index (χ0v) is 29.9. The molecule has 1 aliphatic carbocycles. The minimum absolute atomic E-state index is 0.0609. The van der Waals surface area contributed by atoms with E-state index in [0.717, 1.165) is 12.8 Å². The number of hydrogen-bond acceptors (Lipinski definition) is 8. The lowest BCUT2D eigenvalue weighted by Gasteiger charge is -2.45. The van der Waals surface area contributed by atoms with Crippen LogP contribution in [0.5, 0.6) is 0 Å². The van der Waals surface area contributed by atoms with E-state index in [1.54, 1.807) is 13.0 Å². The molecular weight excluding hydrogens is 563 g/mol. The van der Waals surface area contributed by atoms with Crippen molar-refractivity contribution in [2.75, 3.05) is 11.9 Å². The summed E-state index contributed by atoms with van der Waals surface area (Å²) < 4.78 is 19.7. The van der Waals surface area contributed by atoms with Crippen molar-refractivity contribution in [3.63, 3.8) is 0 Å². The van der Waals surface area contributed by atoms with Gasteiger partial charge in [-0.25, -0.2) is 9.97 Å². The van der Waals surface area contributed by atoms with E-state index >= 15 is 0 Å². The number of ketones is 1. The Labute approximate surface area is 255 Å². The minimum atomic E-state index is -2.13. The number of hydrogen-bond donors (Lipinski definition) is 2. The van der Waals surface area contributed by atoms with Crippen molar-refractivity contribution >= 4 is 28.2 Å². The molecule has 2 N–H and O–H groups in total. The number of aliphatic hydroxyl groups is 1. The van der Waals surface area contributed by atoms with Crippen molar-refractivity contribution in [3.8, 4) is 0 Å². The summed E-state index contributed by atoms with van der Waals surface area (Å²) in [5, 5.41) is 13.6. The van der Waals surface area contributed by atoms with Crippen molar-refractivity contribution in [1.29, 1.82) is 0 Å². The molecule has 0 radical (unpaired) electrons. The first-order valence-corrected chi connectivity index (χ1v) is 20.6. The van der Waals surface area contributed by atoms with Crippen molar-refractivity contribution in [2.24, 2.45) is 5.92 Å². The molecule has 4 unspecified atom stereocenters. The van der Waals surface area contributed by atoms with E-state index in [-0.39, 0.29) is 34.6 Å². The number of nitrogens with one attached hydrogen (secondary N) is 1. The first-order valence-electron chi connectivity index (χ1n) is 15.6. The molecule has 0 amide bonds. The average molecular weight is 618 g/mol. The van der Waals surface area contributed by atoms with E-state index in [4.69, 9.17) is 13.3 Å². The Bertz CT molecular complexity index is 1170. The monoisotopic (exact) mass is 617 g/mol. The Kier molecular flexibility index (Phi) is 11.1. The molecule has 10 heteroatoms. The summed E-state index contributed by atoms with van der Waals surface area (Å²) in [4.78, 5) is 22.0. The predicted molar refractivity (Wildman–Crippen MR) is 174 cm³/mol. The van der Waals surface area contributed by atoms with Crippen LogP contribution in [-0.4, -0.2) is 56.2 Å². The quantitative estimate of drug-likeness (QED) is 0.171. The maximum atomic E-state index is 13.4. The molecule has 3 rings (SSSR count). The van der Waals surface area contributed by atoms with E-state index in [1.807, 2.05) is 0 Å². The first kappa shape index (κ1) is 34.6. The van der Waals surface area contributed by atoms with Crippen LogP contribution in [-0.2, 0) is 8.85 Å². The Morgan fingerprint density at radius 1 is 1.10 bits per heavy atom. The van der Waals surface area contributed by atoms with Gasteiger partial charge in [0.25, 0.3) is 0 Å². The largest absolute Gasteiger partial charge is 0.460 e. The van der Waals surface area contributed by atoms with Gasteiger partial charge in [0.05, 0.1) is 24.0 Å². The van der Waals surface area contributed by atoms with Crippen LogP contribution in [0.2, 0.25) is 34.8 Å². The van der Waals surface area contributed by atoms with Crippen LogP contribution in [0.4, 0.5) is 5.82 Å². The highest BCUT2D eigenvalue weighted by atomic mass is 28.4. The number of rotatable bonds is 13. The zero-order chi connectivity index (χ0) is 31.6. The van der Waals surface area contributed by atoms with Gasteiger partial charge in [-0.3, -0.25) is 4.79 Å². The molecule has 1 saturated carbocycles. The maximum absolute atomic E-state index is 13.4. The lowest BCUT2D eigenvalue weighted by atomic mass is 10.1. The molecule has 1 fully saturated rings. The fourth-order valence-corrected chi connectivity index (χ4v) is 13.0. The van der Waals surface area contributed by atoms with Crippen LogP contribution < -0.4 is 5.32 Å². The molecule has 2 heterocycles. The summed E-state index contributed by atoms with van der Waals surface area (Å²) >= 11 is 0. The Morgan fingerprint density at radius 2 is 1.71 bits per heavy atom. The number of aliphatic hydroxyl groups excluding tert-OH is 1. The maximum Gasteiger partial charge on any atom is 0.233 e. The van der Waals surface area contributed by atoms with Gasteiger partial charge >= 0.3 is 0 Å². The summed E-state index contributed by atoms with van der Waals surface area (Å²) in [5.41, 5.74) is 2.35.